The third-order valence-corrected chi connectivity index (χ3v) is 2.59. The minimum atomic E-state index is -0.433. The number of hydrogen-bond donors (Lipinski definition) is 2. The molecule has 0 aromatic heterocycles. The van der Waals surface area contributed by atoms with Crippen LogP contribution in [0.3, 0.4) is 0 Å². The van der Waals surface area contributed by atoms with Gasteiger partial charge in [-0.15, -0.1) is 6.58 Å². The van der Waals surface area contributed by atoms with E-state index in [0.717, 1.165) is 13.0 Å². The Morgan fingerprint density at radius 1 is 1.31 bits per heavy atom. The highest BCUT2D eigenvalue weighted by Gasteiger charge is 2.09. The van der Waals surface area contributed by atoms with Crippen molar-refractivity contribution in [1.29, 1.82) is 0 Å². The minimum Gasteiger partial charge on any atom is -0.355 e. The SMILES string of the molecule is C=CCC(N)C(=O)NCCCCCCCC. The molecule has 16 heavy (non-hydrogen) atoms. The second kappa shape index (κ2) is 10.7. The fourth-order valence-electron chi connectivity index (χ4n) is 1.53. The van der Waals surface area contributed by atoms with Gasteiger partial charge in [-0.05, 0) is 12.8 Å². The summed E-state index contributed by atoms with van der Waals surface area (Å²) < 4.78 is 0. The van der Waals surface area contributed by atoms with Crippen LogP contribution in [0.1, 0.15) is 51.9 Å². The van der Waals surface area contributed by atoms with Crippen molar-refractivity contribution >= 4 is 5.91 Å². The maximum Gasteiger partial charge on any atom is 0.237 e. The predicted molar refractivity (Wildman–Crippen MR) is 69.2 cm³/mol. The van der Waals surface area contributed by atoms with Gasteiger partial charge in [0, 0.05) is 6.54 Å². The average Bonchev–Trinajstić information content (AvgIpc) is 2.28. The summed E-state index contributed by atoms with van der Waals surface area (Å²) >= 11 is 0. The minimum absolute atomic E-state index is 0.0616. The lowest BCUT2D eigenvalue weighted by atomic mass is 10.1. The molecular formula is C13H26N2O. The van der Waals surface area contributed by atoms with E-state index in [1.165, 1.54) is 32.1 Å². The van der Waals surface area contributed by atoms with Gasteiger partial charge in [0.1, 0.15) is 0 Å². The van der Waals surface area contributed by atoms with Crippen LogP contribution in [-0.2, 0) is 4.79 Å². The van der Waals surface area contributed by atoms with Gasteiger partial charge in [0.05, 0.1) is 6.04 Å². The standard InChI is InChI=1S/C13H26N2O/c1-3-5-6-7-8-9-11-15-13(16)12(14)10-4-2/h4,12H,2-3,5-11,14H2,1H3,(H,15,16). The molecule has 0 fully saturated rings. The molecule has 1 atom stereocenters. The molecule has 0 saturated heterocycles. The Labute approximate surface area is 99.5 Å². The lowest BCUT2D eigenvalue weighted by molar-refractivity contribution is -0.122. The highest BCUT2D eigenvalue weighted by Crippen LogP contribution is 2.04. The van der Waals surface area contributed by atoms with Crippen LogP contribution in [0.25, 0.3) is 0 Å². The van der Waals surface area contributed by atoms with Gasteiger partial charge >= 0.3 is 0 Å². The number of nitrogens with one attached hydrogen (secondary N) is 1. The quantitative estimate of drug-likeness (QED) is 0.444. The number of rotatable bonds is 10. The Kier molecular flexibility index (Phi) is 10.1. The average molecular weight is 226 g/mol. The van der Waals surface area contributed by atoms with E-state index < -0.39 is 6.04 Å². The van der Waals surface area contributed by atoms with Gasteiger partial charge in [-0.25, -0.2) is 0 Å². The number of carbonyl (C=O) groups is 1. The number of unbranched alkanes of at least 4 members (excludes halogenated alkanes) is 5. The summed E-state index contributed by atoms with van der Waals surface area (Å²) in [5, 5.41) is 2.85. The summed E-state index contributed by atoms with van der Waals surface area (Å²) in [6.07, 6.45) is 9.62. The number of amides is 1. The molecule has 0 bridgehead atoms. The van der Waals surface area contributed by atoms with Crippen molar-refractivity contribution in [3.8, 4) is 0 Å². The molecular weight excluding hydrogens is 200 g/mol. The molecule has 1 unspecified atom stereocenters. The van der Waals surface area contributed by atoms with Crippen LogP contribution in [0.5, 0.6) is 0 Å². The molecule has 3 nitrogen and oxygen atoms in total. The van der Waals surface area contributed by atoms with Gasteiger partial charge in [-0.1, -0.05) is 45.1 Å². The summed E-state index contributed by atoms with van der Waals surface area (Å²) in [7, 11) is 0. The first-order chi connectivity index (χ1) is 7.72. The fourth-order valence-corrected chi connectivity index (χ4v) is 1.53. The Morgan fingerprint density at radius 3 is 2.56 bits per heavy atom. The van der Waals surface area contributed by atoms with E-state index in [2.05, 4.69) is 18.8 Å². The number of nitrogens with two attached hydrogens (primary N) is 1. The molecule has 0 saturated carbocycles. The summed E-state index contributed by atoms with van der Waals surface area (Å²) in [5.74, 6) is -0.0616. The van der Waals surface area contributed by atoms with Crippen LogP contribution < -0.4 is 11.1 Å². The number of hydrogen-bond acceptors (Lipinski definition) is 2. The molecule has 0 spiro atoms. The molecule has 3 heteroatoms. The summed E-state index contributed by atoms with van der Waals surface area (Å²) in [4.78, 5) is 11.4. The predicted octanol–water partition coefficient (Wildman–Crippen LogP) is 2.37. The van der Waals surface area contributed by atoms with E-state index >= 15 is 0 Å². The van der Waals surface area contributed by atoms with Crippen LogP contribution in [-0.4, -0.2) is 18.5 Å². The molecule has 94 valence electrons. The van der Waals surface area contributed by atoms with Crippen molar-refractivity contribution in [3.63, 3.8) is 0 Å². The molecule has 3 N–H and O–H groups in total. The summed E-state index contributed by atoms with van der Waals surface area (Å²) in [6.45, 7) is 6.52. The smallest absolute Gasteiger partial charge is 0.237 e. The molecule has 0 aliphatic carbocycles. The Hall–Kier alpha value is -0.830. The van der Waals surface area contributed by atoms with Crippen molar-refractivity contribution in [1.82, 2.24) is 5.32 Å². The molecule has 0 aromatic rings. The first kappa shape index (κ1) is 15.2. The highest BCUT2D eigenvalue weighted by molar-refractivity contribution is 5.81. The molecule has 1 amide bonds. The van der Waals surface area contributed by atoms with Gasteiger partial charge in [-0.3, -0.25) is 4.79 Å². The number of carbonyl (C=O) groups excluding carboxylic acids is 1. The first-order valence-corrected chi connectivity index (χ1v) is 6.36. The van der Waals surface area contributed by atoms with E-state index in [1.807, 2.05) is 0 Å². The van der Waals surface area contributed by atoms with E-state index in [4.69, 9.17) is 5.73 Å². The monoisotopic (exact) mass is 226 g/mol. The van der Waals surface area contributed by atoms with Crippen LogP contribution in [0, 0.1) is 0 Å². The van der Waals surface area contributed by atoms with Crippen molar-refractivity contribution in [2.75, 3.05) is 6.54 Å². The lowest BCUT2D eigenvalue weighted by Crippen LogP contribution is -2.40. The Bertz CT molecular complexity index is 192. The fraction of sp³-hybridized carbons (Fsp3) is 0.769. The van der Waals surface area contributed by atoms with Crippen LogP contribution >= 0.6 is 0 Å². The maximum absolute atomic E-state index is 11.4. The molecule has 0 heterocycles. The van der Waals surface area contributed by atoms with Crippen LogP contribution in [0.4, 0.5) is 0 Å². The van der Waals surface area contributed by atoms with Gasteiger partial charge in [0.15, 0.2) is 0 Å². The van der Waals surface area contributed by atoms with E-state index in [9.17, 15) is 4.79 Å². The van der Waals surface area contributed by atoms with Crippen molar-refractivity contribution in [2.45, 2.75) is 57.9 Å². The molecule has 0 aliphatic heterocycles. The van der Waals surface area contributed by atoms with Gasteiger partial charge in [-0.2, -0.15) is 0 Å². The Morgan fingerprint density at radius 2 is 1.94 bits per heavy atom. The largest absolute Gasteiger partial charge is 0.355 e. The second-order valence-electron chi connectivity index (χ2n) is 4.19. The third-order valence-electron chi connectivity index (χ3n) is 2.59. The summed E-state index contributed by atoms with van der Waals surface area (Å²) in [5.41, 5.74) is 5.62. The molecule has 0 radical (unpaired) electrons. The third kappa shape index (κ3) is 8.48. The zero-order chi connectivity index (χ0) is 12.2. The first-order valence-electron chi connectivity index (χ1n) is 6.36. The zero-order valence-corrected chi connectivity index (χ0v) is 10.5. The second-order valence-corrected chi connectivity index (χ2v) is 4.19. The van der Waals surface area contributed by atoms with E-state index in [1.54, 1.807) is 6.08 Å². The molecule has 0 rings (SSSR count). The summed E-state index contributed by atoms with van der Waals surface area (Å²) in [6, 6.07) is -0.433. The zero-order valence-electron chi connectivity index (χ0n) is 10.5. The van der Waals surface area contributed by atoms with Gasteiger partial charge < -0.3 is 11.1 Å². The van der Waals surface area contributed by atoms with Gasteiger partial charge in [0.25, 0.3) is 0 Å². The van der Waals surface area contributed by atoms with Gasteiger partial charge in [0.2, 0.25) is 5.91 Å². The molecule has 0 aromatic carbocycles. The van der Waals surface area contributed by atoms with Crippen molar-refractivity contribution in [3.05, 3.63) is 12.7 Å². The van der Waals surface area contributed by atoms with Crippen molar-refractivity contribution < 1.29 is 4.79 Å². The van der Waals surface area contributed by atoms with Crippen molar-refractivity contribution in [2.24, 2.45) is 5.73 Å². The topological polar surface area (TPSA) is 55.1 Å². The van der Waals surface area contributed by atoms with Crippen LogP contribution in [0.2, 0.25) is 0 Å². The normalized spacial score (nSPS) is 12.1. The highest BCUT2D eigenvalue weighted by atomic mass is 16.2. The van der Waals surface area contributed by atoms with Crippen LogP contribution in [0.15, 0.2) is 12.7 Å². The van der Waals surface area contributed by atoms with E-state index in [-0.39, 0.29) is 5.91 Å². The van der Waals surface area contributed by atoms with E-state index in [0.29, 0.717) is 6.42 Å². The maximum atomic E-state index is 11.4. The lowest BCUT2D eigenvalue weighted by Gasteiger charge is -2.09. The molecule has 0 aliphatic rings. The Balaban J connectivity index is 3.30.